The van der Waals surface area contributed by atoms with Crippen molar-refractivity contribution in [2.75, 3.05) is 13.7 Å². The van der Waals surface area contributed by atoms with Gasteiger partial charge in [-0.2, -0.15) is 0 Å². The molecule has 9 heteroatoms. The Morgan fingerprint density at radius 2 is 1.71 bits per heavy atom. The second-order valence-electron chi connectivity index (χ2n) is 8.03. The van der Waals surface area contributed by atoms with Crippen molar-refractivity contribution in [2.45, 2.75) is 26.0 Å². The normalized spacial score (nSPS) is 13.1. The van der Waals surface area contributed by atoms with Crippen molar-refractivity contribution < 1.29 is 37.8 Å². The fraction of sp³-hybridized carbons (Fsp3) is 0.231. The molecule has 182 valence electrons. The maximum atomic E-state index is 14.6. The van der Waals surface area contributed by atoms with Gasteiger partial charge in [-0.3, -0.25) is 4.79 Å². The Morgan fingerprint density at radius 3 is 2.43 bits per heavy atom. The van der Waals surface area contributed by atoms with Crippen LogP contribution in [0.15, 0.2) is 54.6 Å². The van der Waals surface area contributed by atoms with Crippen LogP contribution in [0.3, 0.4) is 0 Å². The summed E-state index contributed by atoms with van der Waals surface area (Å²) in [6, 6.07) is 13.5. The van der Waals surface area contributed by atoms with Crippen LogP contribution in [0.25, 0.3) is 11.1 Å². The largest absolute Gasteiger partial charge is 0.528 e. The molecule has 0 unspecified atom stereocenters. The van der Waals surface area contributed by atoms with Crippen molar-refractivity contribution in [1.29, 1.82) is 0 Å². The van der Waals surface area contributed by atoms with Crippen molar-refractivity contribution in [3.63, 3.8) is 0 Å². The van der Waals surface area contributed by atoms with Crippen LogP contribution in [-0.2, 0) is 40.4 Å². The maximum Gasteiger partial charge on any atom is 0.528 e. The molecule has 0 atom stereocenters. The van der Waals surface area contributed by atoms with Crippen molar-refractivity contribution in [3.8, 4) is 16.9 Å². The average molecular weight is 483 g/mol. The summed E-state index contributed by atoms with van der Waals surface area (Å²) in [5.74, 6) is -1.23. The highest BCUT2D eigenvalue weighted by Crippen LogP contribution is 2.37. The first-order chi connectivity index (χ1) is 16.8. The van der Waals surface area contributed by atoms with Gasteiger partial charge in [0, 0.05) is 12.1 Å². The average Bonchev–Trinajstić information content (AvgIpc) is 2.83. The number of hydroxylamine groups is 2. The van der Waals surface area contributed by atoms with Crippen molar-refractivity contribution in [2.24, 2.45) is 0 Å². The van der Waals surface area contributed by atoms with Crippen LogP contribution in [-0.4, -0.2) is 35.9 Å². The van der Waals surface area contributed by atoms with Crippen LogP contribution in [0.5, 0.6) is 5.75 Å². The molecule has 1 aliphatic heterocycles. The monoisotopic (exact) mass is 483 g/mol. The van der Waals surface area contributed by atoms with E-state index in [9.17, 15) is 18.4 Å². The number of methoxy groups -OCH3 is 1. The molecular weight excluding hydrogens is 460 g/mol. The van der Waals surface area contributed by atoms with E-state index in [-0.39, 0.29) is 38.4 Å². The standard InChI is InChI=1S/C26H23F2NO6/c1-33-24-9-4-17(13-25(30)31)12-21(24)19-7-8-23(28)20-10-11-29(14-22(19)20)35-26(32)34-15-16-2-5-18(27)6-3-16/h2-9,12H,10-11,13-15H2,1H3,(H,30,31). The summed E-state index contributed by atoms with van der Waals surface area (Å²) < 4.78 is 38.2. The third-order valence-electron chi connectivity index (χ3n) is 5.70. The summed E-state index contributed by atoms with van der Waals surface area (Å²) in [6.07, 6.45) is -0.816. The molecule has 0 fully saturated rings. The lowest BCUT2D eigenvalue weighted by Gasteiger charge is -2.29. The highest BCUT2D eigenvalue weighted by atomic mass is 19.1. The molecule has 0 saturated heterocycles. The van der Waals surface area contributed by atoms with Crippen molar-refractivity contribution in [3.05, 3.63) is 88.5 Å². The summed E-state index contributed by atoms with van der Waals surface area (Å²) in [7, 11) is 1.50. The molecule has 1 heterocycles. The first-order valence-corrected chi connectivity index (χ1v) is 10.9. The van der Waals surface area contributed by atoms with E-state index in [1.54, 1.807) is 24.3 Å². The van der Waals surface area contributed by atoms with E-state index < -0.39 is 17.9 Å². The summed E-state index contributed by atoms with van der Waals surface area (Å²) >= 11 is 0. The molecule has 3 aromatic rings. The molecule has 0 radical (unpaired) electrons. The molecule has 35 heavy (non-hydrogen) atoms. The summed E-state index contributed by atoms with van der Waals surface area (Å²) in [5.41, 5.74) is 3.53. The molecule has 0 spiro atoms. The molecule has 0 amide bonds. The summed E-state index contributed by atoms with van der Waals surface area (Å²) in [4.78, 5) is 28.7. The number of fused-ring (bicyclic) bond motifs is 1. The number of carbonyl (C=O) groups is 2. The van der Waals surface area contributed by atoms with Crippen LogP contribution in [0.2, 0.25) is 0 Å². The van der Waals surface area contributed by atoms with Crippen LogP contribution in [0, 0.1) is 11.6 Å². The number of carboxylic acids is 1. The zero-order valence-corrected chi connectivity index (χ0v) is 18.9. The number of halogens is 2. The Kier molecular flexibility index (Phi) is 7.26. The molecule has 1 aliphatic rings. The number of carbonyl (C=O) groups excluding carboxylic acids is 1. The lowest BCUT2D eigenvalue weighted by molar-refractivity contribution is -0.139. The number of rotatable bonds is 7. The van der Waals surface area contributed by atoms with Gasteiger partial charge >= 0.3 is 12.1 Å². The minimum absolute atomic E-state index is 0.0863. The molecule has 7 nitrogen and oxygen atoms in total. The van der Waals surface area contributed by atoms with Gasteiger partial charge in [0.2, 0.25) is 0 Å². The second kappa shape index (κ2) is 10.5. The molecular formula is C26H23F2NO6. The van der Waals surface area contributed by atoms with Gasteiger partial charge in [-0.05, 0) is 64.6 Å². The SMILES string of the molecule is COc1ccc(CC(=O)O)cc1-c1ccc(F)c2c1CN(OC(=O)OCc1ccc(F)cc1)CC2. The lowest BCUT2D eigenvalue weighted by atomic mass is 9.90. The Hall–Kier alpha value is -3.98. The predicted octanol–water partition coefficient (Wildman–Crippen LogP) is 4.89. The Balaban J connectivity index is 1.54. The first-order valence-electron chi connectivity index (χ1n) is 10.9. The third kappa shape index (κ3) is 5.75. The number of hydrogen-bond acceptors (Lipinski definition) is 6. The maximum absolute atomic E-state index is 14.6. The van der Waals surface area contributed by atoms with Gasteiger partial charge in [-0.25, -0.2) is 13.6 Å². The molecule has 1 N–H and O–H groups in total. The number of aliphatic carboxylic acids is 1. The zero-order chi connectivity index (χ0) is 24.9. The molecule has 3 aromatic carbocycles. The number of carboxylic acid groups (broad SMARTS) is 1. The van der Waals surface area contributed by atoms with E-state index in [0.29, 0.717) is 39.1 Å². The van der Waals surface area contributed by atoms with Gasteiger partial charge in [0.05, 0.1) is 20.1 Å². The highest BCUT2D eigenvalue weighted by Gasteiger charge is 2.26. The number of hydrogen-bond donors (Lipinski definition) is 1. The van der Waals surface area contributed by atoms with E-state index in [1.807, 2.05) is 0 Å². The van der Waals surface area contributed by atoms with Crippen molar-refractivity contribution in [1.82, 2.24) is 5.06 Å². The molecule has 0 aliphatic carbocycles. The smallest absolute Gasteiger partial charge is 0.496 e. The number of nitrogens with zero attached hydrogens (tertiary/aromatic N) is 1. The van der Waals surface area contributed by atoms with Crippen LogP contribution >= 0.6 is 0 Å². The topological polar surface area (TPSA) is 85.3 Å². The third-order valence-corrected chi connectivity index (χ3v) is 5.70. The molecule has 0 aromatic heterocycles. The summed E-state index contributed by atoms with van der Waals surface area (Å²) in [5, 5.41) is 10.5. The predicted molar refractivity (Wildman–Crippen MR) is 122 cm³/mol. The molecule has 0 saturated carbocycles. The Morgan fingerprint density at radius 1 is 0.971 bits per heavy atom. The summed E-state index contributed by atoms with van der Waals surface area (Å²) in [6.45, 7) is 0.270. The quantitative estimate of drug-likeness (QED) is 0.479. The Labute approximate surface area is 200 Å². The van der Waals surface area contributed by atoms with Crippen LogP contribution in [0.1, 0.15) is 22.3 Å². The zero-order valence-electron chi connectivity index (χ0n) is 18.9. The van der Waals surface area contributed by atoms with E-state index in [0.717, 1.165) is 0 Å². The van der Waals surface area contributed by atoms with Gasteiger partial charge in [0.1, 0.15) is 24.0 Å². The molecule has 0 bridgehead atoms. The fourth-order valence-electron chi connectivity index (χ4n) is 4.04. The minimum Gasteiger partial charge on any atom is -0.496 e. The number of ether oxygens (including phenoxy) is 2. The lowest BCUT2D eigenvalue weighted by Crippen LogP contribution is -2.34. The van der Waals surface area contributed by atoms with Gasteiger partial charge in [0.25, 0.3) is 0 Å². The first kappa shape index (κ1) is 24.2. The molecule has 4 rings (SSSR count). The highest BCUT2D eigenvalue weighted by molar-refractivity contribution is 5.77. The van der Waals surface area contributed by atoms with Gasteiger partial charge in [-0.1, -0.05) is 24.3 Å². The van der Waals surface area contributed by atoms with Crippen LogP contribution in [0.4, 0.5) is 13.6 Å². The van der Waals surface area contributed by atoms with Gasteiger partial charge < -0.3 is 19.4 Å². The van der Waals surface area contributed by atoms with E-state index in [1.165, 1.54) is 42.5 Å². The second-order valence-corrected chi connectivity index (χ2v) is 8.03. The number of benzene rings is 3. The van der Waals surface area contributed by atoms with E-state index in [2.05, 4.69) is 0 Å². The van der Waals surface area contributed by atoms with Gasteiger partial charge in [0.15, 0.2) is 0 Å². The van der Waals surface area contributed by atoms with Crippen molar-refractivity contribution >= 4 is 12.1 Å². The van der Waals surface area contributed by atoms with E-state index in [4.69, 9.17) is 19.4 Å². The Bertz CT molecular complexity index is 1250. The fourth-order valence-corrected chi connectivity index (χ4v) is 4.04. The minimum atomic E-state index is -0.971. The van der Waals surface area contributed by atoms with Gasteiger partial charge in [-0.15, -0.1) is 5.06 Å². The van der Waals surface area contributed by atoms with E-state index >= 15 is 0 Å². The van der Waals surface area contributed by atoms with Crippen LogP contribution < -0.4 is 4.74 Å².